The number of hydrogen-bond donors (Lipinski definition) is 1. The van der Waals surface area contributed by atoms with Gasteiger partial charge in [0.25, 0.3) is 0 Å². The Kier molecular flexibility index (Phi) is 7.16. The van der Waals surface area contributed by atoms with E-state index in [2.05, 4.69) is 16.4 Å². The van der Waals surface area contributed by atoms with Gasteiger partial charge in [0.2, 0.25) is 16.2 Å². The maximum absolute atomic E-state index is 11.2. The molecular weight excluding hydrogens is 396 g/mol. The van der Waals surface area contributed by atoms with Crippen LogP contribution in [0.2, 0.25) is 0 Å². The number of para-hydroxylation sites is 1. The molecule has 28 heavy (non-hydrogen) atoms. The molecule has 0 atom stereocenters. The first-order chi connectivity index (χ1) is 13.6. The molecule has 1 N–H and O–H groups in total. The molecule has 1 aliphatic rings. The molecule has 0 saturated heterocycles. The Morgan fingerprint density at radius 2 is 2.04 bits per heavy atom. The number of carbonyl (C=O) groups excluding carboxylic acids is 1. The number of carbonyl (C=O) groups is 1. The number of nitrogens with one attached hydrogen (secondary N) is 1. The molecule has 0 unspecified atom stereocenters. The molecule has 6 nitrogen and oxygen atoms in total. The zero-order chi connectivity index (χ0) is 19.8. The van der Waals surface area contributed by atoms with Gasteiger partial charge in [-0.15, -0.1) is 11.3 Å². The summed E-state index contributed by atoms with van der Waals surface area (Å²) in [7, 11) is -2.09. The lowest BCUT2D eigenvalue weighted by molar-refractivity contribution is -0.116. The van der Waals surface area contributed by atoms with Crippen LogP contribution in [0.25, 0.3) is 10.2 Å². The molecule has 0 aliphatic carbocycles. The number of fused-ring (bicyclic) bond motifs is 2. The van der Waals surface area contributed by atoms with E-state index in [0.29, 0.717) is 25.9 Å². The van der Waals surface area contributed by atoms with E-state index in [1.807, 2.05) is 35.8 Å². The van der Waals surface area contributed by atoms with Crippen molar-refractivity contribution in [3.63, 3.8) is 0 Å². The van der Waals surface area contributed by atoms with Gasteiger partial charge in [0, 0.05) is 17.5 Å². The van der Waals surface area contributed by atoms with Crippen LogP contribution in [0, 0.1) is 0 Å². The van der Waals surface area contributed by atoms with Crippen molar-refractivity contribution in [2.24, 2.45) is 0 Å². The van der Waals surface area contributed by atoms with E-state index < -0.39 is 10.3 Å². The predicted molar refractivity (Wildman–Crippen MR) is 113 cm³/mol. The average Bonchev–Trinajstić information content (AvgIpc) is 3.17. The first kappa shape index (κ1) is 20.0. The molecule has 2 heterocycles. The standard InChI is InChI=1S/C13H15NO4S.C7H5NS/c15-13-6-3-10-9-11(4-5-12(10)14-13)18-7-1-2-8-19(16)17;1-2-4-7-6(3-1)8-5-9-7/h4-5,8-9H,1-3,6-7H2,(H,14,15);1-5H. The van der Waals surface area contributed by atoms with E-state index >= 15 is 0 Å². The number of aromatic nitrogens is 1. The Balaban J connectivity index is 0.000000206. The summed E-state index contributed by atoms with van der Waals surface area (Å²) < 4.78 is 27.4. The molecule has 0 saturated carbocycles. The van der Waals surface area contributed by atoms with Crippen molar-refractivity contribution in [2.45, 2.75) is 25.7 Å². The second kappa shape index (κ2) is 10.0. The van der Waals surface area contributed by atoms with Gasteiger partial charge in [-0.1, -0.05) is 12.1 Å². The van der Waals surface area contributed by atoms with Gasteiger partial charge in [0.05, 0.1) is 22.3 Å². The maximum atomic E-state index is 11.2. The molecule has 0 fully saturated rings. The molecule has 0 radical (unpaired) electrons. The van der Waals surface area contributed by atoms with Crippen LogP contribution in [-0.4, -0.2) is 31.3 Å². The highest BCUT2D eigenvalue weighted by Gasteiger charge is 2.14. The first-order valence-corrected chi connectivity index (χ1v) is 10.9. The van der Waals surface area contributed by atoms with Crippen molar-refractivity contribution in [1.29, 1.82) is 0 Å². The molecule has 0 bridgehead atoms. The number of unbranched alkanes of at least 4 members (excludes halogenated alkanes) is 1. The number of thiazole rings is 1. The SMILES string of the molecule is O=C1CCc2cc(OCCCC=S(=O)=O)ccc2N1.c1ccc2scnc2c1. The van der Waals surface area contributed by atoms with Crippen LogP contribution in [0.4, 0.5) is 5.69 Å². The van der Waals surface area contributed by atoms with Gasteiger partial charge in [-0.2, -0.15) is 8.42 Å². The van der Waals surface area contributed by atoms with E-state index in [1.165, 1.54) is 10.1 Å². The molecule has 146 valence electrons. The highest BCUT2D eigenvalue weighted by atomic mass is 32.2. The number of rotatable bonds is 5. The average molecular weight is 417 g/mol. The predicted octanol–water partition coefficient (Wildman–Crippen LogP) is 3.71. The Morgan fingerprint density at radius 1 is 1.18 bits per heavy atom. The summed E-state index contributed by atoms with van der Waals surface area (Å²) >= 11 is 1.68. The van der Waals surface area contributed by atoms with Crippen LogP contribution < -0.4 is 10.1 Å². The monoisotopic (exact) mass is 416 g/mol. The van der Waals surface area contributed by atoms with Crippen LogP contribution >= 0.6 is 11.3 Å². The number of nitrogens with zero attached hydrogens (tertiary/aromatic N) is 1. The van der Waals surface area contributed by atoms with E-state index in [4.69, 9.17) is 4.74 Å². The molecule has 3 aromatic rings. The highest BCUT2D eigenvalue weighted by Crippen LogP contribution is 2.26. The first-order valence-electron chi connectivity index (χ1n) is 8.87. The molecule has 1 aromatic heterocycles. The van der Waals surface area contributed by atoms with Crippen molar-refractivity contribution in [3.05, 3.63) is 53.5 Å². The summed E-state index contributed by atoms with van der Waals surface area (Å²) in [6.45, 7) is 0.471. The third kappa shape index (κ3) is 5.90. The molecule has 2 aromatic carbocycles. The zero-order valence-corrected chi connectivity index (χ0v) is 16.8. The number of benzene rings is 2. The summed E-state index contributed by atoms with van der Waals surface area (Å²) in [6, 6.07) is 13.7. The van der Waals surface area contributed by atoms with Crippen LogP contribution in [0.1, 0.15) is 24.8 Å². The minimum Gasteiger partial charge on any atom is -0.494 e. The Hall–Kier alpha value is -2.71. The smallest absolute Gasteiger partial charge is 0.224 e. The van der Waals surface area contributed by atoms with E-state index in [9.17, 15) is 13.2 Å². The summed E-state index contributed by atoms with van der Waals surface area (Å²) in [5.41, 5.74) is 4.88. The Bertz CT molecular complexity index is 1050. The lowest BCUT2D eigenvalue weighted by Gasteiger charge is -2.17. The van der Waals surface area contributed by atoms with Crippen molar-refractivity contribution in [3.8, 4) is 5.75 Å². The molecule has 4 rings (SSSR count). The van der Waals surface area contributed by atoms with Crippen LogP contribution in [0.3, 0.4) is 0 Å². The Labute approximate surface area is 168 Å². The van der Waals surface area contributed by atoms with Gasteiger partial charge >= 0.3 is 0 Å². The van der Waals surface area contributed by atoms with Crippen LogP contribution in [0.15, 0.2) is 48.0 Å². The van der Waals surface area contributed by atoms with Crippen LogP contribution in [-0.2, 0) is 21.5 Å². The van der Waals surface area contributed by atoms with Gasteiger partial charge in [0.1, 0.15) is 5.75 Å². The van der Waals surface area contributed by atoms with E-state index in [-0.39, 0.29) is 5.91 Å². The number of hydrogen-bond acceptors (Lipinski definition) is 6. The third-order valence-corrected chi connectivity index (χ3v) is 5.40. The minimum absolute atomic E-state index is 0.0438. The lowest BCUT2D eigenvalue weighted by atomic mass is 10.0. The Morgan fingerprint density at radius 3 is 2.86 bits per heavy atom. The fourth-order valence-electron chi connectivity index (χ4n) is 2.71. The van der Waals surface area contributed by atoms with Crippen molar-refractivity contribution in [1.82, 2.24) is 4.98 Å². The van der Waals surface area contributed by atoms with Crippen molar-refractivity contribution >= 4 is 48.8 Å². The number of amides is 1. The second-order valence-electron chi connectivity index (χ2n) is 6.11. The van der Waals surface area contributed by atoms with E-state index in [1.54, 1.807) is 17.4 Å². The summed E-state index contributed by atoms with van der Waals surface area (Å²) in [4.78, 5) is 15.4. The van der Waals surface area contributed by atoms with Gasteiger partial charge in [-0.25, -0.2) is 4.98 Å². The van der Waals surface area contributed by atoms with E-state index in [0.717, 1.165) is 28.9 Å². The summed E-state index contributed by atoms with van der Waals surface area (Å²) in [5, 5.41) is 4.04. The van der Waals surface area contributed by atoms with Gasteiger partial charge in [-0.3, -0.25) is 4.79 Å². The molecule has 1 aliphatic heterocycles. The fraction of sp³-hybridized carbons (Fsp3) is 0.250. The largest absolute Gasteiger partial charge is 0.494 e. The van der Waals surface area contributed by atoms with Gasteiger partial charge < -0.3 is 10.1 Å². The molecular formula is C20H20N2O4S2. The third-order valence-electron chi connectivity index (χ3n) is 4.08. The number of ether oxygens (including phenoxy) is 1. The molecule has 0 spiro atoms. The van der Waals surface area contributed by atoms with Crippen LogP contribution in [0.5, 0.6) is 5.75 Å². The van der Waals surface area contributed by atoms with Crippen molar-refractivity contribution in [2.75, 3.05) is 11.9 Å². The lowest BCUT2D eigenvalue weighted by Crippen LogP contribution is -2.18. The van der Waals surface area contributed by atoms with Crippen molar-refractivity contribution < 1.29 is 17.9 Å². The second-order valence-corrected chi connectivity index (χ2v) is 7.85. The van der Waals surface area contributed by atoms with Gasteiger partial charge in [0.15, 0.2) is 0 Å². The highest BCUT2D eigenvalue weighted by molar-refractivity contribution is 7.71. The molecule has 8 heteroatoms. The van der Waals surface area contributed by atoms with Gasteiger partial charge in [-0.05, 0) is 55.2 Å². The summed E-state index contributed by atoms with van der Waals surface area (Å²) in [5.74, 6) is 0.792. The normalized spacial score (nSPS) is 12.4. The fourth-order valence-corrected chi connectivity index (χ4v) is 3.74. The number of aryl methyl sites for hydroxylation is 1. The zero-order valence-electron chi connectivity index (χ0n) is 15.1. The minimum atomic E-state index is -2.09. The topological polar surface area (TPSA) is 85.4 Å². The maximum Gasteiger partial charge on any atom is 0.224 e. The molecule has 1 amide bonds. The number of anilines is 1. The quantitative estimate of drug-likeness (QED) is 0.506. The summed E-state index contributed by atoms with van der Waals surface area (Å²) in [6.07, 6.45) is 2.36.